The quantitative estimate of drug-likeness (QED) is 0.650. The Balaban J connectivity index is 3.69. The Morgan fingerprint density at radius 1 is 1.40 bits per heavy atom. The zero-order chi connectivity index (χ0) is 11.7. The van der Waals surface area contributed by atoms with Gasteiger partial charge in [0.25, 0.3) is 0 Å². The zero-order valence-corrected chi connectivity index (χ0v) is 9.19. The lowest BCUT2D eigenvalue weighted by Crippen LogP contribution is -2.38. The standard InChI is InChI=1S/C10H18N2O3/c1-3-4-5-7-11-10(15)12(2)8-6-9(13)14/h4-5H,3,6-8H2,1-2H3,(H,11,15)(H,13,14)/b5-4+. The first kappa shape index (κ1) is 13.5. The van der Waals surface area contributed by atoms with Crippen molar-refractivity contribution in [2.45, 2.75) is 19.8 Å². The van der Waals surface area contributed by atoms with E-state index >= 15 is 0 Å². The summed E-state index contributed by atoms with van der Waals surface area (Å²) in [5, 5.41) is 11.1. The van der Waals surface area contributed by atoms with E-state index in [-0.39, 0.29) is 19.0 Å². The number of carboxylic acid groups (broad SMARTS) is 1. The molecular formula is C10H18N2O3. The monoisotopic (exact) mass is 214 g/mol. The summed E-state index contributed by atoms with van der Waals surface area (Å²) < 4.78 is 0. The highest BCUT2D eigenvalue weighted by atomic mass is 16.4. The molecule has 5 heteroatoms. The number of rotatable bonds is 6. The van der Waals surface area contributed by atoms with Crippen molar-refractivity contribution in [3.63, 3.8) is 0 Å². The fraction of sp³-hybridized carbons (Fsp3) is 0.600. The highest BCUT2D eigenvalue weighted by Crippen LogP contribution is 1.88. The van der Waals surface area contributed by atoms with Gasteiger partial charge in [-0.05, 0) is 6.42 Å². The minimum absolute atomic E-state index is 0.0330. The van der Waals surface area contributed by atoms with E-state index in [4.69, 9.17) is 5.11 Å². The van der Waals surface area contributed by atoms with Gasteiger partial charge in [0.05, 0.1) is 6.42 Å². The summed E-state index contributed by atoms with van der Waals surface area (Å²) in [4.78, 5) is 22.9. The minimum atomic E-state index is -0.902. The Hall–Kier alpha value is -1.52. The topological polar surface area (TPSA) is 69.6 Å². The molecule has 0 saturated heterocycles. The molecule has 5 nitrogen and oxygen atoms in total. The molecule has 0 aromatic carbocycles. The number of hydrogen-bond donors (Lipinski definition) is 2. The second-order valence-corrected chi connectivity index (χ2v) is 3.13. The second kappa shape index (κ2) is 7.84. The molecule has 0 saturated carbocycles. The van der Waals surface area contributed by atoms with Gasteiger partial charge in [0.15, 0.2) is 0 Å². The van der Waals surface area contributed by atoms with Crippen LogP contribution in [-0.4, -0.2) is 42.1 Å². The van der Waals surface area contributed by atoms with E-state index in [1.165, 1.54) is 4.90 Å². The number of nitrogens with one attached hydrogen (secondary N) is 1. The molecule has 0 fully saturated rings. The third-order valence-electron chi connectivity index (χ3n) is 1.78. The van der Waals surface area contributed by atoms with Gasteiger partial charge in [0.1, 0.15) is 0 Å². The molecule has 0 atom stereocenters. The number of carbonyl (C=O) groups is 2. The summed E-state index contributed by atoms with van der Waals surface area (Å²) in [6.45, 7) is 2.71. The SMILES string of the molecule is CC/C=C/CNC(=O)N(C)CCC(=O)O. The van der Waals surface area contributed by atoms with Crippen molar-refractivity contribution in [1.29, 1.82) is 0 Å². The summed E-state index contributed by atoms with van der Waals surface area (Å²) in [5.74, 6) is -0.902. The van der Waals surface area contributed by atoms with E-state index in [9.17, 15) is 9.59 Å². The maximum absolute atomic E-state index is 11.3. The summed E-state index contributed by atoms with van der Waals surface area (Å²) >= 11 is 0. The number of urea groups is 1. The van der Waals surface area contributed by atoms with E-state index < -0.39 is 5.97 Å². The van der Waals surface area contributed by atoms with Crippen molar-refractivity contribution in [2.75, 3.05) is 20.1 Å². The van der Waals surface area contributed by atoms with Crippen LogP contribution in [0.4, 0.5) is 4.79 Å². The summed E-state index contributed by atoms with van der Waals surface area (Å²) in [7, 11) is 1.57. The van der Waals surface area contributed by atoms with Gasteiger partial charge >= 0.3 is 12.0 Å². The van der Waals surface area contributed by atoms with Crippen LogP contribution < -0.4 is 5.32 Å². The van der Waals surface area contributed by atoms with Crippen LogP contribution in [0, 0.1) is 0 Å². The molecule has 86 valence electrons. The molecule has 0 aromatic rings. The normalized spacial score (nSPS) is 10.3. The van der Waals surface area contributed by atoms with E-state index in [1.54, 1.807) is 7.05 Å². The van der Waals surface area contributed by atoms with Gasteiger partial charge in [-0.3, -0.25) is 4.79 Å². The van der Waals surface area contributed by atoms with Crippen molar-refractivity contribution < 1.29 is 14.7 Å². The first-order chi connectivity index (χ1) is 7.07. The first-order valence-electron chi connectivity index (χ1n) is 4.93. The predicted octanol–water partition coefficient (Wildman–Crippen LogP) is 1.07. The van der Waals surface area contributed by atoms with Gasteiger partial charge in [-0.15, -0.1) is 0 Å². The largest absolute Gasteiger partial charge is 0.481 e. The average Bonchev–Trinajstić information content (AvgIpc) is 2.20. The van der Waals surface area contributed by atoms with Gasteiger partial charge in [0, 0.05) is 20.1 Å². The Labute approximate surface area is 89.8 Å². The lowest BCUT2D eigenvalue weighted by molar-refractivity contribution is -0.137. The molecule has 2 N–H and O–H groups in total. The molecule has 0 aliphatic rings. The second-order valence-electron chi connectivity index (χ2n) is 3.13. The molecule has 0 bridgehead atoms. The molecule has 0 unspecified atom stereocenters. The van der Waals surface area contributed by atoms with Crippen LogP contribution in [0.1, 0.15) is 19.8 Å². The molecule has 0 aliphatic heterocycles. The van der Waals surface area contributed by atoms with Crippen LogP contribution in [0.15, 0.2) is 12.2 Å². The third-order valence-corrected chi connectivity index (χ3v) is 1.78. The third kappa shape index (κ3) is 7.54. The van der Waals surface area contributed by atoms with Crippen LogP contribution in [0.5, 0.6) is 0 Å². The summed E-state index contributed by atoms with van der Waals surface area (Å²) in [6.07, 6.45) is 4.72. The number of aliphatic carboxylic acids is 1. The lowest BCUT2D eigenvalue weighted by atomic mass is 10.4. The van der Waals surface area contributed by atoms with Crippen LogP contribution in [-0.2, 0) is 4.79 Å². The van der Waals surface area contributed by atoms with Crippen LogP contribution in [0.3, 0.4) is 0 Å². The van der Waals surface area contributed by atoms with E-state index in [0.717, 1.165) is 6.42 Å². The number of carboxylic acids is 1. The Morgan fingerprint density at radius 2 is 2.07 bits per heavy atom. The number of nitrogens with zero attached hydrogens (tertiary/aromatic N) is 1. The van der Waals surface area contributed by atoms with Crippen molar-refractivity contribution in [1.82, 2.24) is 10.2 Å². The number of hydrogen-bond acceptors (Lipinski definition) is 2. The molecule has 0 aliphatic carbocycles. The zero-order valence-electron chi connectivity index (χ0n) is 9.19. The van der Waals surface area contributed by atoms with E-state index in [0.29, 0.717) is 6.54 Å². The molecule has 0 aromatic heterocycles. The van der Waals surface area contributed by atoms with Crippen LogP contribution in [0.2, 0.25) is 0 Å². The van der Waals surface area contributed by atoms with Gasteiger partial charge < -0.3 is 15.3 Å². The molecular weight excluding hydrogens is 196 g/mol. The minimum Gasteiger partial charge on any atom is -0.481 e. The van der Waals surface area contributed by atoms with Gasteiger partial charge in [-0.2, -0.15) is 0 Å². The highest BCUT2D eigenvalue weighted by Gasteiger charge is 2.08. The van der Waals surface area contributed by atoms with Gasteiger partial charge in [-0.1, -0.05) is 19.1 Å². The predicted molar refractivity (Wildman–Crippen MR) is 57.7 cm³/mol. The van der Waals surface area contributed by atoms with Crippen LogP contribution in [0.25, 0.3) is 0 Å². The fourth-order valence-corrected chi connectivity index (χ4v) is 0.896. The molecule has 0 rings (SSSR count). The number of carbonyl (C=O) groups excluding carboxylic acids is 1. The fourth-order valence-electron chi connectivity index (χ4n) is 0.896. The van der Waals surface area contributed by atoms with Gasteiger partial charge in [0.2, 0.25) is 0 Å². The van der Waals surface area contributed by atoms with Crippen molar-refractivity contribution in [2.24, 2.45) is 0 Å². The molecule has 0 heterocycles. The van der Waals surface area contributed by atoms with Gasteiger partial charge in [-0.25, -0.2) is 4.79 Å². The van der Waals surface area contributed by atoms with Crippen molar-refractivity contribution >= 4 is 12.0 Å². The lowest BCUT2D eigenvalue weighted by Gasteiger charge is -2.15. The first-order valence-corrected chi connectivity index (χ1v) is 4.93. The maximum Gasteiger partial charge on any atom is 0.317 e. The average molecular weight is 214 g/mol. The van der Waals surface area contributed by atoms with E-state index in [2.05, 4.69) is 5.32 Å². The Morgan fingerprint density at radius 3 is 2.60 bits per heavy atom. The smallest absolute Gasteiger partial charge is 0.317 e. The Kier molecular flexibility index (Phi) is 7.05. The van der Waals surface area contributed by atoms with Crippen molar-refractivity contribution in [3.8, 4) is 0 Å². The number of amides is 2. The molecule has 15 heavy (non-hydrogen) atoms. The Bertz CT molecular complexity index is 239. The van der Waals surface area contributed by atoms with Crippen molar-refractivity contribution in [3.05, 3.63) is 12.2 Å². The number of allylic oxidation sites excluding steroid dienone is 1. The summed E-state index contributed by atoms with van der Waals surface area (Å²) in [6, 6.07) is -0.253. The molecule has 0 spiro atoms. The summed E-state index contributed by atoms with van der Waals surface area (Å²) in [5.41, 5.74) is 0. The van der Waals surface area contributed by atoms with Crippen LogP contribution >= 0.6 is 0 Å². The highest BCUT2D eigenvalue weighted by molar-refractivity contribution is 5.75. The molecule has 2 amide bonds. The van der Waals surface area contributed by atoms with E-state index in [1.807, 2.05) is 19.1 Å². The maximum atomic E-state index is 11.3. The molecule has 0 radical (unpaired) electrons.